The topological polar surface area (TPSA) is 89.3 Å². The first-order chi connectivity index (χ1) is 21.1. The average Bonchev–Trinajstić information content (AvgIpc) is 3.49. The Morgan fingerprint density at radius 3 is 2.55 bits per heavy atom. The predicted molar refractivity (Wildman–Crippen MR) is 169 cm³/mol. The maximum absolute atomic E-state index is 14.8. The summed E-state index contributed by atoms with van der Waals surface area (Å²) in [4.78, 5) is 30.1. The summed E-state index contributed by atoms with van der Waals surface area (Å²) in [7, 11) is 0. The summed E-state index contributed by atoms with van der Waals surface area (Å²) in [5, 5.41) is 5.85. The van der Waals surface area contributed by atoms with Crippen LogP contribution in [0.4, 0.5) is 9.18 Å². The molecule has 1 aromatic carbocycles. The zero-order valence-corrected chi connectivity index (χ0v) is 25.6. The van der Waals surface area contributed by atoms with Crippen molar-refractivity contribution in [3.8, 4) is 33.5 Å². The van der Waals surface area contributed by atoms with Crippen molar-refractivity contribution < 1.29 is 13.9 Å². The van der Waals surface area contributed by atoms with E-state index in [2.05, 4.69) is 25.0 Å². The van der Waals surface area contributed by atoms with Crippen molar-refractivity contribution in [3.63, 3.8) is 0 Å². The number of fused-ring (bicyclic) bond motifs is 1. The van der Waals surface area contributed by atoms with Crippen LogP contribution in [0, 0.1) is 5.82 Å². The first-order valence-corrected chi connectivity index (χ1v) is 14.9. The highest BCUT2D eigenvalue weighted by atomic mass is 35.5. The maximum Gasteiger partial charge on any atom is 0.410 e. The smallest absolute Gasteiger partial charge is 0.410 e. The third kappa shape index (κ3) is 6.71. The zero-order valence-electron chi connectivity index (χ0n) is 24.9. The van der Waals surface area contributed by atoms with Gasteiger partial charge in [0, 0.05) is 90.2 Å². The fourth-order valence-electron chi connectivity index (χ4n) is 5.23. The van der Waals surface area contributed by atoms with Crippen molar-refractivity contribution in [2.45, 2.75) is 32.9 Å². The van der Waals surface area contributed by atoms with E-state index >= 15 is 0 Å². The quantitative estimate of drug-likeness (QED) is 0.214. The Kier molecular flexibility index (Phi) is 8.29. The lowest BCUT2D eigenvalue weighted by Gasteiger charge is -2.35. The summed E-state index contributed by atoms with van der Waals surface area (Å²) in [6.07, 6.45) is 8.84. The number of carbonyl (C=O) groups is 1. The second-order valence-electron chi connectivity index (χ2n) is 11.8. The third-order valence-electron chi connectivity index (χ3n) is 7.47. The van der Waals surface area contributed by atoms with Gasteiger partial charge in [0.15, 0.2) is 5.65 Å². The van der Waals surface area contributed by atoms with E-state index in [0.717, 1.165) is 53.8 Å². The second-order valence-corrected chi connectivity index (χ2v) is 12.3. The van der Waals surface area contributed by atoms with Crippen molar-refractivity contribution in [1.82, 2.24) is 34.5 Å². The van der Waals surface area contributed by atoms with Crippen molar-refractivity contribution in [1.29, 1.82) is 0 Å². The van der Waals surface area contributed by atoms with Gasteiger partial charge in [0.05, 0.1) is 18.4 Å². The summed E-state index contributed by atoms with van der Waals surface area (Å²) < 4.78 is 22.2. The number of hydrogen-bond donors (Lipinski definition) is 0. The number of ether oxygens (including phenoxy) is 1. The number of rotatable bonds is 6. The Balaban J connectivity index is 1.18. The van der Waals surface area contributed by atoms with Gasteiger partial charge in [-0.2, -0.15) is 5.10 Å². The Bertz CT molecular complexity index is 1810. The van der Waals surface area contributed by atoms with Crippen LogP contribution in [0.15, 0.2) is 73.4 Å². The van der Waals surface area contributed by atoms with Crippen molar-refractivity contribution in [2.24, 2.45) is 0 Å². The third-order valence-corrected chi connectivity index (χ3v) is 7.71. The molecule has 4 aromatic heterocycles. The molecule has 0 bridgehead atoms. The minimum absolute atomic E-state index is 0.256. The van der Waals surface area contributed by atoms with Gasteiger partial charge in [-0.25, -0.2) is 19.2 Å². The highest BCUT2D eigenvalue weighted by Crippen LogP contribution is 2.34. The molecule has 1 aliphatic rings. The van der Waals surface area contributed by atoms with Gasteiger partial charge in [0.1, 0.15) is 11.4 Å². The van der Waals surface area contributed by atoms with Crippen LogP contribution < -0.4 is 0 Å². The largest absolute Gasteiger partial charge is 0.444 e. The Labute approximate surface area is 260 Å². The van der Waals surface area contributed by atoms with E-state index in [1.54, 1.807) is 29.6 Å². The number of hydrogen-bond acceptors (Lipinski definition) is 7. The fraction of sp³-hybridized carbons (Fsp3) is 0.303. The molecule has 11 heteroatoms. The zero-order chi connectivity index (χ0) is 30.8. The van der Waals surface area contributed by atoms with E-state index in [4.69, 9.17) is 16.3 Å². The average molecular weight is 614 g/mol. The van der Waals surface area contributed by atoms with Crippen LogP contribution in [0.25, 0.3) is 44.5 Å². The molecule has 1 saturated heterocycles. The summed E-state index contributed by atoms with van der Waals surface area (Å²) in [6, 6.07) is 12.1. The van der Waals surface area contributed by atoms with Gasteiger partial charge in [-0.05, 0) is 68.8 Å². The van der Waals surface area contributed by atoms with E-state index < -0.39 is 11.4 Å². The lowest BCUT2D eigenvalue weighted by atomic mass is 9.99. The molecule has 0 spiro atoms. The number of amides is 1. The number of piperazine rings is 1. The second kappa shape index (κ2) is 12.3. The number of pyridine rings is 3. The SMILES string of the molecule is CC(C)(C)OC(=O)N1CCN(CCn2cc(-c3cncc(-c4cc(-c5cc(Cl)ccc5F)nc5ncccc45)c3)cn2)CC1. The minimum atomic E-state index is -0.496. The van der Waals surface area contributed by atoms with Crippen LogP contribution in [-0.2, 0) is 11.3 Å². The molecule has 9 nitrogen and oxygen atoms in total. The van der Waals surface area contributed by atoms with Gasteiger partial charge in [-0.1, -0.05) is 11.6 Å². The molecule has 1 fully saturated rings. The van der Waals surface area contributed by atoms with Gasteiger partial charge in [-0.3, -0.25) is 14.6 Å². The summed E-state index contributed by atoms with van der Waals surface area (Å²) >= 11 is 6.19. The molecule has 0 radical (unpaired) electrons. The van der Waals surface area contributed by atoms with E-state index in [9.17, 15) is 9.18 Å². The lowest BCUT2D eigenvalue weighted by Crippen LogP contribution is -2.50. The molecule has 226 valence electrons. The molecule has 6 rings (SSSR count). The van der Waals surface area contributed by atoms with Crippen LogP contribution in [0.2, 0.25) is 5.02 Å². The Morgan fingerprint density at radius 1 is 0.955 bits per heavy atom. The van der Waals surface area contributed by atoms with Crippen LogP contribution in [0.5, 0.6) is 0 Å². The molecule has 1 aliphatic heterocycles. The number of nitrogens with zero attached hydrogens (tertiary/aromatic N) is 7. The van der Waals surface area contributed by atoms with Crippen molar-refractivity contribution in [2.75, 3.05) is 32.7 Å². The first-order valence-electron chi connectivity index (χ1n) is 14.5. The highest BCUT2D eigenvalue weighted by molar-refractivity contribution is 6.30. The standard InChI is InChI=1S/C33H33ClFN7O2/c1-33(2,3)44-32(43)41-12-9-40(10-13-41)11-14-42-21-24(20-38-42)22-15-23(19-36-18-22)27-17-30(28-16-25(34)6-7-29(28)35)39-31-26(27)5-4-8-37-31/h4-8,15-21H,9-14H2,1-3H3. The Hall–Kier alpha value is -4.41. The van der Waals surface area contributed by atoms with Crippen LogP contribution in [0.3, 0.4) is 0 Å². The van der Waals surface area contributed by atoms with Crippen molar-refractivity contribution in [3.05, 3.63) is 84.3 Å². The lowest BCUT2D eigenvalue weighted by molar-refractivity contribution is 0.0142. The van der Waals surface area contributed by atoms with Gasteiger partial charge < -0.3 is 9.64 Å². The molecule has 0 aliphatic carbocycles. The van der Waals surface area contributed by atoms with Gasteiger partial charge in [0.2, 0.25) is 0 Å². The normalized spacial score (nSPS) is 14.2. The summed E-state index contributed by atoms with van der Waals surface area (Å²) in [5.41, 5.74) is 4.29. The van der Waals surface area contributed by atoms with Crippen LogP contribution >= 0.6 is 11.6 Å². The van der Waals surface area contributed by atoms with E-state index in [1.165, 1.54) is 12.1 Å². The number of aromatic nitrogens is 5. The van der Waals surface area contributed by atoms with E-state index in [0.29, 0.717) is 35.0 Å². The predicted octanol–water partition coefficient (Wildman–Crippen LogP) is 6.57. The summed E-state index contributed by atoms with van der Waals surface area (Å²) in [5.74, 6) is -0.410. The maximum atomic E-state index is 14.8. The molecule has 5 aromatic rings. The van der Waals surface area contributed by atoms with E-state index in [-0.39, 0.29) is 6.09 Å². The molecule has 0 saturated carbocycles. The van der Waals surface area contributed by atoms with Gasteiger partial charge in [-0.15, -0.1) is 0 Å². The van der Waals surface area contributed by atoms with Gasteiger partial charge >= 0.3 is 6.09 Å². The van der Waals surface area contributed by atoms with Crippen molar-refractivity contribution >= 4 is 28.7 Å². The molecular formula is C33H33ClFN7O2. The molecule has 44 heavy (non-hydrogen) atoms. The Morgan fingerprint density at radius 2 is 1.75 bits per heavy atom. The summed E-state index contributed by atoms with van der Waals surface area (Å²) in [6.45, 7) is 10.0. The molecule has 0 atom stereocenters. The number of halogens is 2. The fourth-order valence-corrected chi connectivity index (χ4v) is 5.40. The highest BCUT2D eigenvalue weighted by Gasteiger charge is 2.25. The molecule has 1 amide bonds. The van der Waals surface area contributed by atoms with Crippen LogP contribution in [-0.4, -0.2) is 79.0 Å². The van der Waals surface area contributed by atoms with Crippen LogP contribution in [0.1, 0.15) is 20.8 Å². The van der Waals surface area contributed by atoms with E-state index in [1.807, 2.05) is 62.1 Å². The first kappa shape index (κ1) is 29.7. The molecule has 0 unspecified atom stereocenters. The molecular weight excluding hydrogens is 581 g/mol. The van der Waals surface area contributed by atoms with Gasteiger partial charge in [0.25, 0.3) is 0 Å². The monoisotopic (exact) mass is 613 g/mol. The molecule has 0 N–H and O–H groups in total. The molecule has 5 heterocycles. The number of carbonyl (C=O) groups excluding carboxylic acids is 1. The number of benzene rings is 1. The minimum Gasteiger partial charge on any atom is -0.444 e.